The number of nitrogens with zero attached hydrogens (tertiary/aromatic N) is 1. The molecule has 2 rings (SSSR count). The van der Waals surface area contributed by atoms with Gasteiger partial charge in [0.05, 0.1) is 12.7 Å². The van der Waals surface area contributed by atoms with Gasteiger partial charge < -0.3 is 10.1 Å². The van der Waals surface area contributed by atoms with Crippen LogP contribution in [0.4, 0.5) is 10.1 Å². The predicted molar refractivity (Wildman–Crippen MR) is 71.5 cm³/mol. The minimum atomic E-state index is -0.167. The van der Waals surface area contributed by atoms with Gasteiger partial charge in [0, 0.05) is 25.3 Å². The summed E-state index contributed by atoms with van der Waals surface area (Å²) in [5, 5.41) is 3.24. The van der Waals surface area contributed by atoms with Crippen molar-refractivity contribution < 1.29 is 9.13 Å². The highest BCUT2D eigenvalue weighted by Gasteiger charge is 2.18. The predicted octanol–water partition coefficient (Wildman–Crippen LogP) is 2.27. The molecule has 1 N–H and O–H groups in total. The van der Waals surface area contributed by atoms with Crippen molar-refractivity contribution in [2.75, 3.05) is 38.1 Å². The molecule has 1 saturated heterocycles. The fourth-order valence-electron chi connectivity index (χ4n) is 2.13. The summed E-state index contributed by atoms with van der Waals surface area (Å²) in [5.41, 5.74) is 1.49. The third-order valence-corrected chi connectivity index (χ3v) is 3.38. The van der Waals surface area contributed by atoms with E-state index in [1.165, 1.54) is 6.07 Å². The van der Waals surface area contributed by atoms with Crippen LogP contribution in [0.1, 0.15) is 12.5 Å². The molecule has 18 heavy (non-hydrogen) atoms. The molecule has 1 aliphatic heterocycles. The Morgan fingerprint density at radius 1 is 1.50 bits per heavy atom. The van der Waals surface area contributed by atoms with Crippen molar-refractivity contribution >= 4 is 5.69 Å². The van der Waals surface area contributed by atoms with Gasteiger partial charge in [0.1, 0.15) is 5.82 Å². The number of halogens is 1. The molecule has 0 amide bonds. The van der Waals surface area contributed by atoms with Gasteiger partial charge in [-0.25, -0.2) is 4.39 Å². The van der Waals surface area contributed by atoms with Crippen LogP contribution in [0.15, 0.2) is 18.2 Å². The van der Waals surface area contributed by atoms with Gasteiger partial charge in [0.2, 0.25) is 0 Å². The second kappa shape index (κ2) is 6.16. The number of aryl methyl sites for hydroxylation is 1. The van der Waals surface area contributed by atoms with E-state index in [4.69, 9.17) is 4.74 Å². The van der Waals surface area contributed by atoms with Crippen LogP contribution in [0.3, 0.4) is 0 Å². The molecular weight excluding hydrogens is 231 g/mol. The maximum absolute atomic E-state index is 13.4. The average molecular weight is 252 g/mol. The van der Waals surface area contributed by atoms with Crippen molar-refractivity contribution in [1.29, 1.82) is 0 Å². The van der Waals surface area contributed by atoms with Crippen LogP contribution in [-0.4, -0.2) is 43.8 Å². The second-order valence-corrected chi connectivity index (χ2v) is 4.73. The highest BCUT2D eigenvalue weighted by atomic mass is 19.1. The minimum Gasteiger partial charge on any atom is -0.382 e. The van der Waals surface area contributed by atoms with Crippen molar-refractivity contribution in [3.8, 4) is 0 Å². The topological polar surface area (TPSA) is 24.5 Å². The van der Waals surface area contributed by atoms with E-state index < -0.39 is 0 Å². The first kappa shape index (κ1) is 13.3. The molecule has 0 aliphatic carbocycles. The third kappa shape index (κ3) is 3.43. The normalized spacial score (nSPS) is 20.9. The van der Waals surface area contributed by atoms with Gasteiger partial charge in [-0.15, -0.1) is 0 Å². The van der Waals surface area contributed by atoms with Crippen molar-refractivity contribution in [3.63, 3.8) is 0 Å². The van der Waals surface area contributed by atoms with Gasteiger partial charge in [0.15, 0.2) is 0 Å². The maximum atomic E-state index is 13.4. The standard InChI is InChI=1S/C14H21FN2O/c1-3-17-6-7-18-13(10-17)9-16-12-5-4-11(2)14(15)8-12/h4-5,8,13,16H,3,6-7,9-10H2,1-2H3. The summed E-state index contributed by atoms with van der Waals surface area (Å²) in [6, 6.07) is 5.23. The molecule has 0 saturated carbocycles. The van der Waals surface area contributed by atoms with Gasteiger partial charge in [-0.3, -0.25) is 4.90 Å². The molecule has 1 atom stereocenters. The number of benzene rings is 1. The van der Waals surface area contributed by atoms with Crippen molar-refractivity contribution in [1.82, 2.24) is 4.90 Å². The molecule has 0 spiro atoms. The number of hydrogen-bond donors (Lipinski definition) is 1. The molecule has 1 aliphatic rings. The zero-order valence-electron chi connectivity index (χ0n) is 11.1. The number of ether oxygens (including phenoxy) is 1. The summed E-state index contributed by atoms with van der Waals surface area (Å²) in [7, 11) is 0. The van der Waals surface area contributed by atoms with E-state index in [9.17, 15) is 4.39 Å². The van der Waals surface area contributed by atoms with Crippen LogP contribution in [0.2, 0.25) is 0 Å². The van der Waals surface area contributed by atoms with Crippen molar-refractivity contribution in [3.05, 3.63) is 29.6 Å². The summed E-state index contributed by atoms with van der Waals surface area (Å²) < 4.78 is 19.1. The van der Waals surface area contributed by atoms with E-state index in [0.717, 1.165) is 38.5 Å². The Bertz CT molecular complexity index is 397. The van der Waals surface area contributed by atoms with Crippen LogP contribution in [-0.2, 0) is 4.74 Å². The summed E-state index contributed by atoms with van der Waals surface area (Å²) in [5.74, 6) is -0.167. The number of anilines is 1. The number of likely N-dealkylation sites (N-methyl/N-ethyl adjacent to an activating group) is 1. The van der Waals surface area contributed by atoms with Crippen LogP contribution in [0.25, 0.3) is 0 Å². The Labute approximate surface area is 108 Å². The lowest BCUT2D eigenvalue weighted by atomic mass is 10.2. The van der Waals surface area contributed by atoms with Gasteiger partial charge in [-0.2, -0.15) is 0 Å². The minimum absolute atomic E-state index is 0.167. The molecule has 1 aromatic carbocycles. The van der Waals surface area contributed by atoms with E-state index in [-0.39, 0.29) is 11.9 Å². The monoisotopic (exact) mass is 252 g/mol. The molecule has 3 nitrogen and oxygen atoms in total. The Kier molecular flexibility index (Phi) is 4.55. The molecule has 1 unspecified atom stereocenters. The van der Waals surface area contributed by atoms with E-state index in [0.29, 0.717) is 5.56 Å². The van der Waals surface area contributed by atoms with Crippen LogP contribution in [0, 0.1) is 12.7 Å². The first-order chi connectivity index (χ1) is 8.69. The fraction of sp³-hybridized carbons (Fsp3) is 0.571. The number of nitrogens with one attached hydrogen (secondary N) is 1. The molecular formula is C14H21FN2O. The Morgan fingerprint density at radius 2 is 2.33 bits per heavy atom. The van der Waals surface area contributed by atoms with Crippen molar-refractivity contribution in [2.45, 2.75) is 20.0 Å². The summed E-state index contributed by atoms with van der Waals surface area (Å²) in [4.78, 5) is 2.37. The maximum Gasteiger partial charge on any atom is 0.128 e. The molecule has 0 aromatic heterocycles. The lowest BCUT2D eigenvalue weighted by molar-refractivity contribution is -0.0191. The zero-order valence-corrected chi connectivity index (χ0v) is 11.1. The largest absolute Gasteiger partial charge is 0.382 e. The van der Waals surface area contributed by atoms with Gasteiger partial charge in [-0.05, 0) is 31.2 Å². The van der Waals surface area contributed by atoms with Crippen molar-refractivity contribution in [2.24, 2.45) is 0 Å². The first-order valence-electron chi connectivity index (χ1n) is 6.53. The Morgan fingerprint density at radius 3 is 3.06 bits per heavy atom. The Hall–Kier alpha value is -1.13. The quantitative estimate of drug-likeness (QED) is 0.889. The smallest absolute Gasteiger partial charge is 0.128 e. The highest BCUT2D eigenvalue weighted by Crippen LogP contribution is 2.14. The van der Waals surface area contributed by atoms with E-state index in [1.54, 1.807) is 13.0 Å². The third-order valence-electron chi connectivity index (χ3n) is 3.38. The summed E-state index contributed by atoms with van der Waals surface area (Å²) in [6.45, 7) is 8.43. The lowest BCUT2D eigenvalue weighted by Gasteiger charge is -2.32. The average Bonchev–Trinajstić information content (AvgIpc) is 2.40. The zero-order chi connectivity index (χ0) is 13.0. The SMILES string of the molecule is CCN1CCOC(CNc2ccc(C)c(F)c2)C1. The number of hydrogen-bond acceptors (Lipinski definition) is 3. The van der Waals surface area contributed by atoms with Crippen LogP contribution in [0.5, 0.6) is 0 Å². The van der Waals surface area contributed by atoms with Gasteiger partial charge >= 0.3 is 0 Å². The number of rotatable bonds is 4. The van der Waals surface area contributed by atoms with Gasteiger partial charge in [-0.1, -0.05) is 13.0 Å². The molecule has 4 heteroatoms. The van der Waals surface area contributed by atoms with E-state index in [2.05, 4.69) is 17.1 Å². The molecule has 1 fully saturated rings. The van der Waals surface area contributed by atoms with Crippen LogP contribution >= 0.6 is 0 Å². The lowest BCUT2D eigenvalue weighted by Crippen LogP contribution is -2.45. The van der Waals surface area contributed by atoms with E-state index in [1.807, 2.05) is 6.07 Å². The molecule has 100 valence electrons. The Balaban J connectivity index is 1.85. The highest BCUT2D eigenvalue weighted by molar-refractivity contribution is 5.45. The van der Waals surface area contributed by atoms with Gasteiger partial charge in [0.25, 0.3) is 0 Å². The van der Waals surface area contributed by atoms with Crippen LogP contribution < -0.4 is 5.32 Å². The fourth-order valence-corrected chi connectivity index (χ4v) is 2.13. The van der Waals surface area contributed by atoms with E-state index >= 15 is 0 Å². The summed E-state index contributed by atoms with van der Waals surface area (Å²) >= 11 is 0. The summed E-state index contributed by atoms with van der Waals surface area (Å²) in [6.07, 6.45) is 0.183. The first-order valence-corrected chi connectivity index (χ1v) is 6.53. The number of morpholine rings is 1. The second-order valence-electron chi connectivity index (χ2n) is 4.73. The molecule has 0 radical (unpaired) electrons. The molecule has 1 aromatic rings. The molecule has 1 heterocycles. The molecule has 0 bridgehead atoms.